The molecule has 6 nitrogen and oxygen atoms in total. The van der Waals surface area contributed by atoms with Crippen LogP contribution < -0.4 is 5.32 Å². The monoisotopic (exact) mass is 293 g/mol. The standard InChI is InChI=1S/C13H13BFNO5/c1-8-2-4-9(5-3-8)12(19)13(15)14-20-10(17)6-16-7-11(18)21-14/h2-5,13,16H,6-7H2,1H3. The highest BCUT2D eigenvalue weighted by molar-refractivity contribution is 6.56. The lowest BCUT2D eigenvalue weighted by atomic mass is 9.77. The van der Waals surface area contributed by atoms with Crippen LogP contribution in [-0.4, -0.2) is 44.0 Å². The minimum atomic E-state index is -2.27. The lowest BCUT2D eigenvalue weighted by Crippen LogP contribution is -2.48. The molecule has 0 spiro atoms. The molecule has 0 aromatic heterocycles. The minimum absolute atomic E-state index is 0.111. The number of Topliss-reactive ketones (excluding diaryl/α,β-unsaturated/α-hetero) is 1. The van der Waals surface area contributed by atoms with Gasteiger partial charge in [-0.1, -0.05) is 29.8 Å². The van der Waals surface area contributed by atoms with Gasteiger partial charge in [0, 0.05) is 5.56 Å². The van der Waals surface area contributed by atoms with Gasteiger partial charge in [-0.2, -0.15) is 0 Å². The van der Waals surface area contributed by atoms with Gasteiger partial charge in [0.2, 0.25) is 6.07 Å². The molecule has 0 bridgehead atoms. The molecule has 0 aliphatic carbocycles. The van der Waals surface area contributed by atoms with Gasteiger partial charge in [0.15, 0.2) is 5.78 Å². The Labute approximate surface area is 120 Å². The summed E-state index contributed by atoms with van der Waals surface area (Å²) in [5, 5.41) is 2.46. The Morgan fingerprint density at radius 3 is 2.24 bits per heavy atom. The fourth-order valence-corrected chi connectivity index (χ4v) is 1.75. The number of halogens is 1. The first kappa shape index (κ1) is 15.2. The van der Waals surface area contributed by atoms with Crippen LogP contribution in [0.4, 0.5) is 4.39 Å². The average molecular weight is 293 g/mol. The number of aryl methyl sites for hydroxylation is 1. The van der Waals surface area contributed by atoms with Crippen LogP contribution in [0.1, 0.15) is 15.9 Å². The molecule has 8 heteroatoms. The lowest BCUT2D eigenvalue weighted by molar-refractivity contribution is -0.142. The predicted octanol–water partition coefficient (Wildman–Crippen LogP) is 0.233. The quantitative estimate of drug-likeness (QED) is 0.635. The molecule has 1 aliphatic rings. The number of carbonyl (C=O) groups is 3. The molecule has 110 valence electrons. The maximum absolute atomic E-state index is 14.2. The Morgan fingerprint density at radius 2 is 1.71 bits per heavy atom. The van der Waals surface area contributed by atoms with Gasteiger partial charge in [-0.3, -0.25) is 19.7 Å². The van der Waals surface area contributed by atoms with E-state index in [0.29, 0.717) is 0 Å². The van der Waals surface area contributed by atoms with Gasteiger partial charge in [-0.05, 0) is 6.92 Å². The van der Waals surface area contributed by atoms with Gasteiger partial charge in [-0.15, -0.1) is 0 Å². The second-order valence-corrected chi connectivity index (χ2v) is 4.58. The molecule has 21 heavy (non-hydrogen) atoms. The summed E-state index contributed by atoms with van der Waals surface area (Å²) in [6, 6.07) is 6.22. The summed E-state index contributed by atoms with van der Waals surface area (Å²) in [5.74, 6) is -2.51. The van der Waals surface area contributed by atoms with Crippen molar-refractivity contribution in [2.45, 2.75) is 13.0 Å². The zero-order valence-corrected chi connectivity index (χ0v) is 11.3. The van der Waals surface area contributed by atoms with Crippen molar-refractivity contribution < 1.29 is 28.1 Å². The smallest absolute Gasteiger partial charge is 0.496 e. The molecule has 1 atom stereocenters. The maximum atomic E-state index is 14.2. The van der Waals surface area contributed by atoms with Gasteiger partial charge in [-0.25, -0.2) is 4.39 Å². The summed E-state index contributed by atoms with van der Waals surface area (Å²) in [5.41, 5.74) is 1.03. The van der Waals surface area contributed by atoms with Crippen molar-refractivity contribution in [2.75, 3.05) is 13.1 Å². The van der Waals surface area contributed by atoms with Gasteiger partial charge in [0.25, 0.3) is 0 Å². The summed E-state index contributed by atoms with van der Waals surface area (Å²) in [6.45, 7) is 1.32. The van der Waals surface area contributed by atoms with Crippen LogP contribution >= 0.6 is 0 Å². The molecule has 1 unspecified atom stereocenters. The molecule has 0 amide bonds. The Bertz CT molecular complexity index is 544. The topological polar surface area (TPSA) is 81.7 Å². The Morgan fingerprint density at radius 1 is 1.19 bits per heavy atom. The maximum Gasteiger partial charge on any atom is 0.644 e. The van der Waals surface area contributed by atoms with Crippen molar-refractivity contribution in [2.24, 2.45) is 0 Å². The lowest BCUT2D eigenvalue weighted by Gasteiger charge is -2.19. The third kappa shape index (κ3) is 3.88. The molecule has 1 heterocycles. The Kier molecular flexibility index (Phi) is 4.69. The molecule has 2 rings (SSSR count). The Hall–Kier alpha value is -2.22. The first-order valence-corrected chi connectivity index (χ1v) is 6.32. The summed E-state index contributed by atoms with van der Waals surface area (Å²) >= 11 is 0. The molecule has 0 radical (unpaired) electrons. The number of carbonyl (C=O) groups excluding carboxylic acids is 3. The number of nitrogens with one attached hydrogen (secondary N) is 1. The number of hydrogen-bond donors (Lipinski definition) is 1. The third-order valence-corrected chi connectivity index (χ3v) is 2.86. The average Bonchev–Trinajstić information content (AvgIpc) is 2.44. The van der Waals surface area contributed by atoms with E-state index in [2.05, 4.69) is 14.6 Å². The number of ketones is 1. The predicted molar refractivity (Wildman–Crippen MR) is 71.2 cm³/mol. The molecule has 0 saturated carbocycles. The van der Waals surface area contributed by atoms with Gasteiger partial charge >= 0.3 is 19.1 Å². The van der Waals surface area contributed by atoms with E-state index >= 15 is 0 Å². The minimum Gasteiger partial charge on any atom is -0.496 e. The number of rotatable bonds is 3. The summed E-state index contributed by atoms with van der Waals surface area (Å²) in [6.07, 6.45) is -2.27. The van der Waals surface area contributed by atoms with Crippen molar-refractivity contribution in [3.8, 4) is 0 Å². The van der Waals surface area contributed by atoms with Gasteiger partial charge < -0.3 is 9.31 Å². The van der Waals surface area contributed by atoms with Crippen LogP contribution in [0.2, 0.25) is 0 Å². The first-order valence-electron chi connectivity index (χ1n) is 6.32. The van der Waals surface area contributed by atoms with Crippen molar-refractivity contribution in [1.29, 1.82) is 0 Å². The molecule has 1 fully saturated rings. The first-order chi connectivity index (χ1) is 9.97. The zero-order chi connectivity index (χ0) is 15.4. The van der Waals surface area contributed by atoms with Crippen LogP contribution in [0.15, 0.2) is 24.3 Å². The Balaban J connectivity index is 2.13. The second-order valence-electron chi connectivity index (χ2n) is 4.58. The summed E-state index contributed by atoms with van der Waals surface area (Å²) < 4.78 is 23.5. The van der Waals surface area contributed by atoms with E-state index in [0.717, 1.165) is 5.56 Å². The highest BCUT2D eigenvalue weighted by Gasteiger charge is 2.44. The van der Waals surface area contributed by atoms with E-state index in [-0.39, 0.29) is 18.7 Å². The van der Waals surface area contributed by atoms with Crippen LogP contribution in [-0.2, 0) is 18.9 Å². The van der Waals surface area contributed by atoms with Gasteiger partial charge in [0.05, 0.1) is 13.1 Å². The normalized spacial score (nSPS) is 17.3. The molecule has 1 aromatic rings. The van der Waals surface area contributed by atoms with E-state index < -0.39 is 30.9 Å². The van der Waals surface area contributed by atoms with E-state index in [1.165, 1.54) is 12.1 Å². The molecule has 1 aromatic carbocycles. The summed E-state index contributed by atoms with van der Waals surface area (Å²) in [7, 11) is -1.86. The van der Waals surface area contributed by atoms with E-state index in [9.17, 15) is 18.8 Å². The fourth-order valence-electron chi connectivity index (χ4n) is 1.75. The molecule has 1 saturated heterocycles. The number of hydrogen-bond acceptors (Lipinski definition) is 6. The molecule has 1 aliphatic heterocycles. The van der Waals surface area contributed by atoms with Crippen LogP contribution in [0.5, 0.6) is 0 Å². The van der Waals surface area contributed by atoms with Crippen LogP contribution in [0.25, 0.3) is 0 Å². The van der Waals surface area contributed by atoms with Crippen molar-refractivity contribution in [3.63, 3.8) is 0 Å². The highest BCUT2D eigenvalue weighted by Crippen LogP contribution is 2.13. The van der Waals surface area contributed by atoms with Gasteiger partial charge in [0.1, 0.15) is 0 Å². The molecular weight excluding hydrogens is 280 g/mol. The van der Waals surface area contributed by atoms with Crippen LogP contribution in [0.3, 0.4) is 0 Å². The fraction of sp³-hybridized carbons (Fsp3) is 0.308. The second kappa shape index (κ2) is 6.49. The van der Waals surface area contributed by atoms with Crippen molar-refractivity contribution in [3.05, 3.63) is 35.4 Å². The number of benzene rings is 1. The van der Waals surface area contributed by atoms with Crippen molar-refractivity contribution >= 4 is 24.8 Å². The number of alkyl halides is 1. The van der Waals surface area contributed by atoms with E-state index in [1.807, 2.05) is 6.92 Å². The van der Waals surface area contributed by atoms with Crippen molar-refractivity contribution in [1.82, 2.24) is 5.32 Å². The van der Waals surface area contributed by atoms with E-state index in [4.69, 9.17) is 0 Å². The highest BCUT2D eigenvalue weighted by atomic mass is 19.1. The largest absolute Gasteiger partial charge is 0.644 e. The summed E-state index contributed by atoms with van der Waals surface area (Å²) in [4.78, 5) is 34.6. The molecule has 1 N–H and O–H groups in total. The molecular formula is C13H13BFNO5. The van der Waals surface area contributed by atoms with E-state index in [1.54, 1.807) is 12.1 Å². The van der Waals surface area contributed by atoms with Crippen LogP contribution in [0, 0.1) is 6.92 Å². The zero-order valence-electron chi connectivity index (χ0n) is 11.3. The third-order valence-electron chi connectivity index (χ3n) is 2.86. The SMILES string of the molecule is Cc1ccc(C(=O)C(F)B2OC(=O)CNCC(=O)O2)cc1.